The molecule has 3 unspecified atom stereocenters. The number of aliphatic hydroxyl groups is 5. The molecule has 1 aromatic heterocycles. The van der Waals surface area contributed by atoms with Crippen LogP contribution in [0.1, 0.15) is 347 Å². The van der Waals surface area contributed by atoms with Crippen LogP contribution in [0.4, 0.5) is 0 Å². The Morgan fingerprint density at radius 1 is 0.486 bits per heavy atom. The van der Waals surface area contributed by atoms with Gasteiger partial charge in [-0.1, -0.05) is 140 Å². The summed E-state index contributed by atoms with van der Waals surface area (Å²) in [7, 11) is 0. The lowest BCUT2D eigenvalue weighted by Crippen LogP contribution is -2.72. The molecule has 766 valence electrons. The molecule has 0 bridgehead atoms. The molecule has 3 aromatic rings. The Morgan fingerprint density at radius 3 is 1.54 bits per heavy atom. The van der Waals surface area contributed by atoms with Gasteiger partial charge in [0.2, 0.25) is 0 Å². The molecule has 0 radical (unpaired) electrons. The standard InChI is InChI=1S/C41H62N4O4.C40H60N4O5.C36H47NO5/c1-23(46)35(27-13-9-12-26(18-27)25-10-7-8-11-25)36-29-20-30(43)37-38(3)16-15-34(48)41(6,33-19-28(22-42)44-45-33)32(38)14-17-39(37,4)40(29,5)21-31(36)49-24(2)47;1-23-31(47)14-15-38(5)36-32(48)19-30-35(34(24(2)45)28-13-9-12-27(18-28)26-10-7-8-11-26)33(49-25(3)46)20-39(30,6)37(36,4)16-17-40(23,38)44-22-29(21-41)42-43-44;1-20-26-12-15-36(19-37)33(34(26,4)14-13-28(20)40)29(41)17-27-32(30(42-22(3)39)18-35(27,36)5)31(21(2)38)25-11-10-23-8-6-7-9-24(23)16-25/h19,27,29-34,37,48H,7-18,20-22,42-43H2,1-6H3;22-23,28,30-33,36,47-48H,7-21,41H2,1-6H3;6-11,16,20,26-30,33,40-41H,12-15,17-19,37H2,1-5H3/b36-35+;35-34+;32-31+/t27?,29-,30+,31-,32+,33?,34+,37-,38-,39-,40-,41-;23-,28?,30+,31-,32-,33+,36-,37+,38-,39+,40-;20-,26-,27-,28+,29+,30-,33-,34-,35-,36+/m010/s1. The molecule has 2 heterocycles. The third-order valence-corrected chi connectivity index (χ3v) is 44.5. The molecular weight excluding hydrogens is 1760 g/mol. The number of carbonyl (C=O) groups is 6. The zero-order valence-electron chi connectivity index (χ0n) is 87.5. The minimum atomic E-state index is -0.644. The predicted molar refractivity (Wildman–Crippen MR) is 542 cm³/mol. The summed E-state index contributed by atoms with van der Waals surface area (Å²) in [6, 6.07) is 13.9. The van der Waals surface area contributed by atoms with Crippen LogP contribution in [-0.4, -0.2) is 150 Å². The lowest BCUT2D eigenvalue weighted by molar-refractivity contribution is -0.264. The van der Waals surface area contributed by atoms with Crippen molar-refractivity contribution >= 4 is 51.6 Å². The minimum Gasteiger partial charge on any atom is -0.458 e. The smallest absolute Gasteiger partial charge is 0.303 e. The van der Waals surface area contributed by atoms with Crippen molar-refractivity contribution in [3.63, 3.8) is 0 Å². The second-order valence-electron chi connectivity index (χ2n) is 50.4. The number of fused-ring (bicyclic) bond motifs is 16. The van der Waals surface area contributed by atoms with Gasteiger partial charge in [-0.15, -0.1) is 5.10 Å². The predicted octanol–water partition coefficient (Wildman–Crippen LogP) is 19.5. The summed E-state index contributed by atoms with van der Waals surface area (Å²) in [5.41, 5.74) is 37.0. The number of rotatable bonds is 14. The number of hydrogen-bond donors (Lipinski definition) is 9. The molecule has 20 rings (SSSR count). The van der Waals surface area contributed by atoms with Crippen LogP contribution in [0, 0.1) is 125 Å². The van der Waals surface area contributed by atoms with E-state index < -0.39 is 64.5 Å². The summed E-state index contributed by atoms with van der Waals surface area (Å²) >= 11 is 0. The maximum atomic E-state index is 13.9. The first-order chi connectivity index (χ1) is 66.3. The topological polar surface area (TPSA) is 391 Å². The van der Waals surface area contributed by atoms with Crippen molar-refractivity contribution in [2.45, 2.75) is 409 Å². The Hall–Kier alpha value is -7.06. The van der Waals surface area contributed by atoms with E-state index in [9.17, 15) is 54.3 Å². The molecular formula is C117H169N9O14. The molecule has 16 fully saturated rings. The average Bonchev–Trinajstić information content (AvgIpc) is 1.31. The van der Waals surface area contributed by atoms with Gasteiger partial charge in [0.1, 0.15) is 18.3 Å². The second-order valence-corrected chi connectivity index (χ2v) is 50.4. The average molecular weight is 1930 g/mol. The van der Waals surface area contributed by atoms with Crippen LogP contribution in [0.25, 0.3) is 16.3 Å². The lowest BCUT2D eigenvalue weighted by atomic mass is 9.34. The first-order valence-corrected chi connectivity index (χ1v) is 54.7. The number of aliphatic hydroxyl groups excluding tert-OH is 5. The molecule has 17 aliphatic rings. The molecule has 2 aromatic carbocycles. The van der Waals surface area contributed by atoms with Crippen molar-refractivity contribution in [3.8, 4) is 0 Å². The number of nitrogens with zero attached hydrogens (tertiary/aromatic N) is 5. The number of carbonyl (C=O) groups excluding carboxylic acids is 6. The largest absolute Gasteiger partial charge is 0.458 e. The summed E-state index contributed by atoms with van der Waals surface area (Å²) in [5, 5.41) is 79.0. The maximum Gasteiger partial charge on any atom is 0.303 e. The zero-order valence-corrected chi connectivity index (χ0v) is 87.5. The second kappa shape index (κ2) is 38.0. The van der Waals surface area contributed by atoms with E-state index in [-0.39, 0.29) is 163 Å². The van der Waals surface area contributed by atoms with Crippen LogP contribution in [0.5, 0.6) is 0 Å². The van der Waals surface area contributed by atoms with Crippen molar-refractivity contribution in [2.24, 2.45) is 158 Å². The highest BCUT2D eigenvalue weighted by molar-refractivity contribution is 6.21. The Balaban J connectivity index is 0.000000140. The molecule has 0 amide bonds. The van der Waals surface area contributed by atoms with E-state index in [1.54, 1.807) is 43.1 Å². The first kappa shape index (κ1) is 103. The molecule has 33 atom stereocenters. The van der Waals surface area contributed by atoms with E-state index in [0.29, 0.717) is 63.1 Å². The van der Waals surface area contributed by atoms with Crippen molar-refractivity contribution in [1.82, 2.24) is 15.0 Å². The van der Waals surface area contributed by atoms with Gasteiger partial charge in [-0.25, -0.2) is 4.68 Å². The van der Waals surface area contributed by atoms with Crippen molar-refractivity contribution in [3.05, 3.63) is 122 Å². The quantitative estimate of drug-likeness (QED) is 0.0313. The number of esters is 3. The Labute approximate surface area is 832 Å². The van der Waals surface area contributed by atoms with Crippen LogP contribution in [-0.2, 0) is 55.1 Å². The highest BCUT2D eigenvalue weighted by atomic mass is 16.6. The fourth-order valence-corrected chi connectivity index (χ4v) is 38.2. The Kier molecular flexibility index (Phi) is 28.0. The molecule has 16 saturated carbocycles. The number of benzene rings is 2. The molecule has 16 aliphatic carbocycles. The van der Waals surface area contributed by atoms with Gasteiger partial charge in [0.15, 0.2) is 17.3 Å². The van der Waals surface area contributed by atoms with E-state index in [1.165, 1.54) is 72.1 Å². The Morgan fingerprint density at radius 2 is 1.00 bits per heavy atom. The van der Waals surface area contributed by atoms with E-state index in [0.717, 1.165) is 184 Å². The van der Waals surface area contributed by atoms with Gasteiger partial charge in [-0.3, -0.25) is 28.8 Å². The third kappa shape index (κ3) is 16.0. The van der Waals surface area contributed by atoms with E-state index in [1.807, 2.05) is 41.2 Å². The number of Topliss-reactive ketones (excluding diaryl/α,β-unsaturated/α-hetero) is 3. The van der Waals surface area contributed by atoms with Crippen molar-refractivity contribution in [1.29, 1.82) is 0 Å². The van der Waals surface area contributed by atoms with E-state index in [2.05, 4.69) is 110 Å². The van der Waals surface area contributed by atoms with Gasteiger partial charge in [-0.05, 0) is 405 Å². The Bertz CT molecular complexity index is 5570. The number of ketones is 3. The molecule has 140 heavy (non-hydrogen) atoms. The molecule has 0 spiro atoms. The summed E-state index contributed by atoms with van der Waals surface area (Å²) in [5.74, 6) is -0.0178. The number of hydrogen-bond acceptors (Lipinski definition) is 22. The molecule has 23 heteroatoms. The SMILES string of the molecule is CC(=O)O[C@H]1C[C@@]2(C)[C@@H](C[C@@H](N)[C@H]3[C@@]4(C)CC[C@@H](O)[C@](C)(C5C=C(CN)N=N5)[C@@H]4CC[C@@]32C)/C1=C(/C(C)=O)C1CCCC(=C2CCCC2)C1.CC(=O)O[C@H]1C[C@@]2(C)[C@@H](C[C@@H](O)[C@@H]3[C@]2(C)CC[C@@]2(n4cc(CN)nn4)[C@H](C)[C@H](O)CC[C@]32C)/C1=C(/C(C)=O)C1CCCC(=C2CCCC2)C1.CC(=O)O[C@H]1C[C@@]2(C)[C@@H](C[C@@H](O)[C@H]3[C@@]4(C)CC[C@@H](O)[C@@H](C)[C@@H]4CC[C@@]32CN)/C1=C(/C(C)=O)c1ccc2ccccc2c1. The third-order valence-electron chi connectivity index (χ3n) is 44.5. The van der Waals surface area contributed by atoms with Crippen molar-refractivity contribution in [2.75, 3.05) is 13.1 Å². The van der Waals surface area contributed by atoms with Crippen LogP contribution in [0.3, 0.4) is 0 Å². The maximum absolute atomic E-state index is 13.9. The fraction of sp³-hybridized carbons (Fsp3) is 0.744. The zero-order chi connectivity index (χ0) is 100. The summed E-state index contributed by atoms with van der Waals surface area (Å²) in [6.07, 6.45) is 32.0. The number of azo groups is 1. The highest BCUT2D eigenvalue weighted by Crippen LogP contribution is 2.81. The van der Waals surface area contributed by atoms with Gasteiger partial charge in [-0.2, -0.15) is 10.2 Å². The lowest BCUT2D eigenvalue weighted by Gasteiger charge is -2.72. The number of nitrogens with two attached hydrogens (primary N) is 4. The van der Waals surface area contributed by atoms with Crippen LogP contribution in [0.15, 0.2) is 121 Å². The summed E-state index contributed by atoms with van der Waals surface area (Å²) in [6.45, 7) is 36.1. The number of ether oxygens (including phenoxy) is 3. The molecule has 23 nitrogen and oxygen atoms in total. The van der Waals surface area contributed by atoms with Crippen LogP contribution >= 0.6 is 0 Å². The molecule has 13 N–H and O–H groups in total. The monoisotopic (exact) mass is 1920 g/mol. The van der Waals surface area contributed by atoms with Crippen LogP contribution < -0.4 is 22.9 Å². The van der Waals surface area contributed by atoms with E-state index >= 15 is 0 Å². The minimum absolute atomic E-state index is 0.0382. The number of aromatic nitrogens is 3. The first-order valence-electron chi connectivity index (χ1n) is 54.7. The summed E-state index contributed by atoms with van der Waals surface area (Å²) in [4.78, 5) is 79.5. The van der Waals surface area contributed by atoms with Gasteiger partial charge in [0.25, 0.3) is 0 Å². The van der Waals surface area contributed by atoms with Crippen LogP contribution in [0.2, 0.25) is 0 Å². The van der Waals surface area contributed by atoms with Gasteiger partial charge in [0, 0.05) is 68.0 Å². The molecule has 0 saturated heterocycles. The van der Waals surface area contributed by atoms with E-state index in [4.69, 9.17) is 42.3 Å². The van der Waals surface area contributed by atoms with Gasteiger partial charge >= 0.3 is 17.9 Å². The van der Waals surface area contributed by atoms with Gasteiger partial charge < -0.3 is 62.7 Å². The number of allylic oxidation sites excluding steroid dienone is 7. The molecule has 1 aliphatic heterocycles. The normalized spacial score (nSPS) is 44.9. The highest BCUT2D eigenvalue weighted by Gasteiger charge is 2.78. The fourth-order valence-electron chi connectivity index (χ4n) is 38.2. The summed E-state index contributed by atoms with van der Waals surface area (Å²) < 4.78 is 20.6. The van der Waals surface area contributed by atoms with Crippen molar-refractivity contribution < 1.29 is 68.5 Å². The van der Waals surface area contributed by atoms with Gasteiger partial charge in [0.05, 0.1) is 59.7 Å².